The molecule has 0 aromatic heterocycles. The molecule has 1 unspecified atom stereocenters. The molecule has 0 bridgehead atoms. The van der Waals surface area contributed by atoms with Gasteiger partial charge in [0.15, 0.2) is 0 Å². The first-order valence-corrected chi connectivity index (χ1v) is 6.85. The van der Waals surface area contributed by atoms with E-state index in [0.29, 0.717) is 30.1 Å². The monoisotopic (exact) mass is 275 g/mol. The van der Waals surface area contributed by atoms with Crippen molar-refractivity contribution in [2.75, 3.05) is 18.5 Å². The van der Waals surface area contributed by atoms with Gasteiger partial charge in [-0.25, -0.2) is 4.79 Å². The minimum Gasteiger partial charge on any atom is -0.396 e. The molecule has 0 fully saturated rings. The summed E-state index contributed by atoms with van der Waals surface area (Å²) in [6.45, 7) is 2.78. The Morgan fingerprint density at radius 3 is 2.60 bits per heavy atom. The third-order valence-corrected chi connectivity index (χ3v) is 3.06. The SMILES string of the molecule is CCCC(CCO)CNC(=O)Nc1ccc(C#N)cc1. The van der Waals surface area contributed by atoms with Gasteiger partial charge in [-0.3, -0.25) is 0 Å². The number of nitrogens with zero attached hydrogens (tertiary/aromatic N) is 1. The van der Waals surface area contributed by atoms with Gasteiger partial charge in [0, 0.05) is 18.8 Å². The first-order valence-electron chi connectivity index (χ1n) is 6.85. The molecule has 0 aliphatic carbocycles. The third kappa shape index (κ3) is 5.72. The Balaban J connectivity index is 2.40. The van der Waals surface area contributed by atoms with E-state index in [1.807, 2.05) is 6.07 Å². The Labute approximate surface area is 119 Å². The predicted molar refractivity (Wildman–Crippen MR) is 78.3 cm³/mol. The number of carbonyl (C=O) groups is 1. The molecule has 1 aromatic carbocycles. The van der Waals surface area contributed by atoms with Crippen LogP contribution in [-0.2, 0) is 0 Å². The van der Waals surface area contributed by atoms with Gasteiger partial charge >= 0.3 is 6.03 Å². The fraction of sp³-hybridized carbons (Fsp3) is 0.467. The van der Waals surface area contributed by atoms with Crippen LogP contribution >= 0.6 is 0 Å². The fourth-order valence-electron chi connectivity index (χ4n) is 1.98. The normalized spacial score (nSPS) is 11.4. The lowest BCUT2D eigenvalue weighted by molar-refractivity contribution is 0.237. The molecule has 2 amide bonds. The molecule has 5 nitrogen and oxygen atoms in total. The average Bonchev–Trinajstić information content (AvgIpc) is 2.46. The van der Waals surface area contributed by atoms with E-state index in [1.54, 1.807) is 24.3 Å². The van der Waals surface area contributed by atoms with Crippen LogP contribution in [0.5, 0.6) is 0 Å². The van der Waals surface area contributed by atoms with E-state index in [4.69, 9.17) is 10.4 Å². The first kappa shape index (κ1) is 16.0. The van der Waals surface area contributed by atoms with Gasteiger partial charge in [0.2, 0.25) is 0 Å². The molecule has 3 N–H and O–H groups in total. The molecule has 1 rings (SSSR count). The standard InChI is InChI=1S/C15H21N3O2/c1-2-3-13(8-9-19)11-17-15(20)18-14-6-4-12(10-16)5-7-14/h4-7,13,19H,2-3,8-9,11H2,1H3,(H2,17,18,20). The van der Waals surface area contributed by atoms with Gasteiger partial charge in [-0.15, -0.1) is 0 Å². The Morgan fingerprint density at radius 2 is 2.05 bits per heavy atom. The number of benzene rings is 1. The molecule has 0 radical (unpaired) electrons. The summed E-state index contributed by atoms with van der Waals surface area (Å²) >= 11 is 0. The topological polar surface area (TPSA) is 85.2 Å². The van der Waals surface area contributed by atoms with Crippen molar-refractivity contribution in [2.45, 2.75) is 26.2 Å². The Kier molecular flexibility index (Phi) is 7.15. The second-order valence-electron chi connectivity index (χ2n) is 4.69. The Morgan fingerprint density at radius 1 is 1.35 bits per heavy atom. The van der Waals surface area contributed by atoms with Gasteiger partial charge in [0.1, 0.15) is 0 Å². The number of rotatable bonds is 7. The number of urea groups is 1. The second kappa shape index (κ2) is 8.94. The van der Waals surface area contributed by atoms with E-state index in [1.165, 1.54) is 0 Å². The lowest BCUT2D eigenvalue weighted by atomic mass is 10.0. The summed E-state index contributed by atoms with van der Waals surface area (Å²) in [6, 6.07) is 8.44. The number of aliphatic hydroxyl groups excluding tert-OH is 1. The van der Waals surface area contributed by atoms with Crippen molar-refractivity contribution in [1.82, 2.24) is 5.32 Å². The summed E-state index contributed by atoms with van der Waals surface area (Å²) in [5.41, 5.74) is 1.21. The molecule has 0 aliphatic heterocycles. The van der Waals surface area contributed by atoms with Gasteiger partial charge in [0.05, 0.1) is 11.6 Å². The van der Waals surface area contributed by atoms with Crippen molar-refractivity contribution < 1.29 is 9.90 Å². The van der Waals surface area contributed by atoms with E-state index in [-0.39, 0.29) is 12.6 Å². The number of carbonyl (C=O) groups excluding carboxylic acids is 1. The van der Waals surface area contributed by atoms with Crippen molar-refractivity contribution >= 4 is 11.7 Å². The zero-order valence-electron chi connectivity index (χ0n) is 11.7. The number of nitriles is 1. The van der Waals surface area contributed by atoms with Crippen LogP contribution in [0.25, 0.3) is 0 Å². The van der Waals surface area contributed by atoms with Crippen molar-refractivity contribution in [3.8, 4) is 6.07 Å². The number of aliphatic hydroxyl groups is 1. The predicted octanol–water partition coefficient (Wildman–Crippen LogP) is 2.48. The van der Waals surface area contributed by atoms with Gasteiger partial charge in [-0.05, 0) is 43.0 Å². The molecule has 108 valence electrons. The third-order valence-electron chi connectivity index (χ3n) is 3.06. The van der Waals surface area contributed by atoms with E-state index < -0.39 is 0 Å². The fourth-order valence-corrected chi connectivity index (χ4v) is 1.98. The van der Waals surface area contributed by atoms with Crippen molar-refractivity contribution in [2.24, 2.45) is 5.92 Å². The summed E-state index contributed by atoms with van der Waals surface area (Å²) in [5, 5.41) is 23.2. The highest BCUT2D eigenvalue weighted by Crippen LogP contribution is 2.10. The summed E-state index contributed by atoms with van der Waals surface area (Å²) in [7, 11) is 0. The van der Waals surface area contributed by atoms with Gasteiger partial charge < -0.3 is 15.7 Å². The first-order chi connectivity index (χ1) is 9.69. The lowest BCUT2D eigenvalue weighted by Crippen LogP contribution is -2.33. The summed E-state index contributed by atoms with van der Waals surface area (Å²) < 4.78 is 0. The van der Waals surface area contributed by atoms with Gasteiger partial charge in [-0.1, -0.05) is 13.3 Å². The molecule has 0 aliphatic rings. The summed E-state index contributed by atoms with van der Waals surface area (Å²) in [4.78, 5) is 11.7. The van der Waals surface area contributed by atoms with E-state index >= 15 is 0 Å². The van der Waals surface area contributed by atoms with Crippen LogP contribution in [0.2, 0.25) is 0 Å². The number of nitrogens with one attached hydrogen (secondary N) is 2. The maximum Gasteiger partial charge on any atom is 0.319 e. The van der Waals surface area contributed by atoms with Crippen molar-refractivity contribution in [3.63, 3.8) is 0 Å². The van der Waals surface area contributed by atoms with Crippen LogP contribution < -0.4 is 10.6 Å². The Hall–Kier alpha value is -2.06. The zero-order chi connectivity index (χ0) is 14.8. The summed E-state index contributed by atoms with van der Waals surface area (Å²) in [6.07, 6.45) is 2.71. The van der Waals surface area contributed by atoms with E-state index in [9.17, 15) is 4.79 Å². The number of anilines is 1. The Bertz CT molecular complexity index is 445. The number of hydrogen-bond donors (Lipinski definition) is 3. The largest absolute Gasteiger partial charge is 0.396 e. The van der Waals surface area contributed by atoms with Crippen LogP contribution in [0.15, 0.2) is 24.3 Å². The van der Waals surface area contributed by atoms with E-state index in [2.05, 4.69) is 17.6 Å². The zero-order valence-corrected chi connectivity index (χ0v) is 11.7. The molecule has 0 heterocycles. The number of amides is 2. The van der Waals surface area contributed by atoms with Gasteiger partial charge in [-0.2, -0.15) is 5.26 Å². The smallest absolute Gasteiger partial charge is 0.319 e. The highest BCUT2D eigenvalue weighted by molar-refractivity contribution is 5.89. The van der Waals surface area contributed by atoms with Gasteiger partial charge in [0.25, 0.3) is 0 Å². The van der Waals surface area contributed by atoms with Crippen LogP contribution in [0.4, 0.5) is 10.5 Å². The van der Waals surface area contributed by atoms with Crippen LogP contribution in [0.3, 0.4) is 0 Å². The summed E-state index contributed by atoms with van der Waals surface area (Å²) in [5.74, 6) is 0.303. The van der Waals surface area contributed by atoms with Crippen molar-refractivity contribution in [3.05, 3.63) is 29.8 Å². The molecular weight excluding hydrogens is 254 g/mol. The van der Waals surface area contributed by atoms with Crippen molar-refractivity contribution in [1.29, 1.82) is 5.26 Å². The molecule has 1 atom stereocenters. The van der Waals surface area contributed by atoms with Crippen LogP contribution in [0.1, 0.15) is 31.7 Å². The highest BCUT2D eigenvalue weighted by atomic mass is 16.3. The van der Waals surface area contributed by atoms with Crippen LogP contribution in [-0.4, -0.2) is 24.3 Å². The van der Waals surface area contributed by atoms with E-state index in [0.717, 1.165) is 12.8 Å². The quantitative estimate of drug-likeness (QED) is 0.714. The lowest BCUT2D eigenvalue weighted by Gasteiger charge is -2.16. The molecule has 5 heteroatoms. The second-order valence-corrected chi connectivity index (χ2v) is 4.69. The minimum absolute atomic E-state index is 0.142. The highest BCUT2D eigenvalue weighted by Gasteiger charge is 2.09. The van der Waals surface area contributed by atoms with Crippen LogP contribution in [0, 0.1) is 17.2 Å². The maximum atomic E-state index is 11.7. The molecule has 0 saturated carbocycles. The molecular formula is C15H21N3O2. The minimum atomic E-state index is -0.270. The molecule has 0 saturated heterocycles. The molecule has 0 spiro atoms. The average molecular weight is 275 g/mol. The molecule has 1 aromatic rings. The molecule has 20 heavy (non-hydrogen) atoms. The number of hydrogen-bond acceptors (Lipinski definition) is 3. The maximum absolute atomic E-state index is 11.7.